The maximum Gasteiger partial charge on any atom is 0.271 e. The van der Waals surface area contributed by atoms with Crippen LogP contribution in [-0.4, -0.2) is 17.0 Å². The van der Waals surface area contributed by atoms with Crippen LogP contribution in [0.4, 0.5) is 11.4 Å². The van der Waals surface area contributed by atoms with Crippen molar-refractivity contribution < 1.29 is 4.92 Å². The Morgan fingerprint density at radius 3 is 2.80 bits per heavy atom. The number of benzene rings is 1. The van der Waals surface area contributed by atoms with Crippen LogP contribution >= 0.6 is 0 Å². The van der Waals surface area contributed by atoms with Gasteiger partial charge in [-0.25, -0.2) is 0 Å². The molecule has 110 valence electrons. The molecule has 0 bridgehead atoms. The Morgan fingerprint density at radius 2 is 2.20 bits per heavy atom. The predicted octanol–water partition coefficient (Wildman–Crippen LogP) is 3.22. The molecule has 2 unspecified atom stereocenters. The molecule has 1 saturated carbocycles. The Balaban J connectivity index is 2.29. The number of hydrogen-bond acceptors (Lipinski definition) is 4. The number of nitro groups is 1. The standard InChI is InChI=1S/C15H23N3O2/c1-11-7-13(9-14(8-11)18(19)20)17-15(10-16)6-4-3-5-12(15)2/h7-9,12,17H,3-6,10,16H2,1-2H3. The molecule has 0 heterocycles. The van der Waals surface area contributed by atoms with Crippen molar-refractivity contribution in [1.82, 2.24) is 0 Å². The van der Waals surface area contributed by atoms with Crippen molar-refractivity contribution in [2.45, 2.75) is 45.1 Å². The second-order valence-electron chi connectivity index (χ2n) is 5.95. The summed E-state index contributed by atoms with van der Waals surface area (Å²) in [5, 5.41) is 14.5. The molecule has 5 nitrogen and oxygen atoms in total. The normalized spacial score (nSPS) is 26.2. The van der Waals surface area contributed by atoms with Crippen LogP contribution in [0.1, 0.15) is 38.2 Å². The van der Waals surface area contributed by atoms with Crippen molar-refractivity contribution in [1.29, 1.82) is 0 Å². The molecule has 0 radical (unpaired) electrons. The van der Waals surface area contributed by atoms with Gasteiger partial charge in [-0.3, -0.25) is 10.1 Å². The number of anilines is 1. The van der Waals surface area contributed by atoms with Crippen LogP contribution in [0.3, 0.4) is 0 Å². The molecule has 1 aliphatic rings. The van der Waals surface area contributed by atoms with Gasteiger partial charge in [-0.05, 0) is 37.3 Å². The minimum atomic E-state index is -0.350. The lowest BCUT2D eigenvalue weighted by molar-refractivity contribution is -0.384. The lowest BCUT2D eigenvalue weighted by atomic mass is 9.73. The van der Waals surface area contributed by atoms with Gasteiger partial charge in [-0.1, -0.05) is 19.8 Å². The predicted molar refractivity (Wildman–Crippen MR) is 80.9 cm³/mol. The van der Waals surface area contributed by atoms with Crippen LogP contribution in [0.15, 0.2) is 18.2 Å². The fraction of sp³-hybridized carbons (Fsp3) is 0.600. The Morgan fingerprint density at radius 1 is 1.45 bits per heavy atom. The van der Waals surface area contributed by atoms with Crippen molar-refractivity contribution in [3.63, 3.8) is 0 Å². The quantitative estimate of drug-likeness (QED) is 0.654. The highest BCUT2D eigenvalue weighted by Gasteiger charge is 2.37. The number of hydrogen-bond donors (Lipinski definition) is 2. The zero-order valence-corrected chi connectivity index (χ0v) is 12.2. The number of nitrogens with one attached hydrogen (secondary N) is 1. The number of rotatable bonds is 4. The highest BCUT2D eigenvalue weighted by atomic mass is 16.6. The molecule has 0 aliphatic heterocycles. The van der Waals surface area contributed by atoms with E-state index in [1.165, 1.54) is 6.42 Å². The van der Waals surface area contributed by atoms with E-state index in [0.29, 0.717) is 12.5 Å². The first-order valence-corrected chi connectivity index (χ1v) is 7.21. The van der Waals surface area contributed by atoms with Crippen molar-refractivity contribution in [3.8, 4) is 0 Å². The summed E-state index contributed by atoms with van der Waals surface area (Å²) >= 11 is 0. The summed E-state index contributed by atoms with van der Waals surface area (Å²) in [6.45, 7) is 4.64. The van der Waals surface area contributed by atoms with Gasteiger partial charge in [-0.2, -0.15) is 0 Å². The van der Waals surface area contributed by atoms with Gasteiger partial charge in [0, 0.05) is 24.4 Å². The number of nitro benzene ring substituents is 1. The van der Waals surface area contributed by atoms with Crippen molar-refractivity contribution >= 4 is 11.4 Å². The van der Waals surface area contributed by atoms with Gasteiger partial charge in [0.2, 0.25) is 0 Å². The van der Waals surface area contributed by atoms with E-state index in [0.717, 1.165) is 30.5 Å². The van der Waals surface area contributed by atoms with E-state index in [9.17, 15) is 10.1 Å². The van der Waals surface area contributed by atoms with Crippen molar-refractivity contribution in [2.75, 3.05) is 11.9 Å². The molecule has 20 heavy (non-hydrogen) atoms. The third-order valence-electron chi connectivity index (χ3n) is 4.48. The summed E-state index contributed by atoms with van der Waals surface area (Å²) in [5.74, 6) is 0.473. The van der Waals surface area contributed by atoms with Gasteiger partial charge >= 0.3 is 0 Å². The molecule has 0 saturated heterocycles. The van der Waals surface area contributed by atoms with Gasteiger partial charge in [0.25, 0.3) is 5.69 Å². The van der Waals surface area contributed by atoms with E-state index in [-0.39, 0.29) is 16.1 Å². The molecule has 0 amide bonds. The number of nitrogens with zero attached hydrogens (tertiary/aromatic N) is 1. The van der Waals surface area contributed by atoms with Gasteiger partial charge in [-0.15, -0.1) is 0 Å². The van der Waals surface area contributed by atoms with Crippen LogP contribution < -0.4 is 11.1 Å². The van der Waals surface area contributed by atoms with Crippen LogP contribution in [0, 0.1) is 23.0 Å². The molecule has 2 rings (SSSR count). The largest absolute Gasteiger partial charge is 0.378 e. The van der Waals surface area contributed by atoms with Crippen LogP contribution in [-0.2, 0) is 0 Å². The second kappa shape index (κ2) is 5.79. The summed E-state index contributed by atoms with van der Waals surface area (Å²) in [4.78, 5) is 10.6. The Hall–Kier alpha value is -1.62. The highest BCUT2D eigenvalue weighted by Crippen LogP contribution is 2.36. The zero-order chi connectivity index (χ0) is 14.8. The number of non-ortho nitro benzene ring substituents is 1. The van der Waals surface area contributed by atoms with Crippen LogP contribution in [0.25, 0.3) is 0 Å². The summed E-state index contributed by atoms with van der Waals surface area (Å²) in [5.41, 5.74) is 7.69. The summed E-state index contributed by atoms with van der Waals surface area (Å²) in [7, 11) is 0. The highest BCUT2D eigenvalue weighted by molar-refractivity contribution is 5.55. The summed E-state index contributed by atoms with van der Waals surface area (Å²) in [6, 6.07) is 5.14. The van der Waals surface area contributed by atoms with Crippen LogP contribution in [0.2, 0.25) is 0 Å². The van der Waals surface area contributed by atoms with Crippen LogP contribution in [0.5, 0.6) is 0 Å². The molecule has 1 aromatic carbocycles. The minimum absolute atomic E-state index is 0.128. The third-order valence-corrected chi connectivity index (χ3v) is 4.48. The molecule has 2 atom stereocenters. The fourth-order valence-electron chi connectivity index (χ4n) is 3.18. The average Bonchev–Trinajstić information content (AvgIpc) is 2.41. The SMILES string of the molecule is Cc1cc(NC2(CN)CCCCC2C)cc([N+](=O)[O-])c1. The van der Waals surface area contributed by atoms with Gasteiger partial charge in [0.05, 0.1) is 10.5 Å². The monoisotopic (exact) mass is 277 g/mol. The molecule has 5 heteroatoms. The Bertz CT molecular complexity index is 504. The van der Waals surface area contributed by atoms with Gasteiger partial charge in [0.15, 0.2) is 0 Å². The Labute approximate surface area is 119 Å². The molecule has 1 aromatic rings. The fourth-order valence-corrected chi connectivity index (χ4v) is 3.18. The van der Waals surface area contributed by atoms with E-state index in [1.54, 1.807) is 12.1 Å². The van der Waals surface area contributed by atoms with E-state index in [2.05, 4.69) is 12.2 Å². The van der Waals surface area contributed by atoms with Gasteiger partial charge < -0.3 is 11.1 Å². The van der Waals surface area contributed by atoms with Crippen molar-refractivity contribution in [3.05, 3.63) is 33.9 Å². The summed E-state index contributed by atoms with van der Waals surface area (Å²) < 4.78 is 0. The van der Waals surface area contributed by atoms with E-state index >= 15 is 0 Å². The topological polar surface area (TPSA) is 81.2 Å². The maximum absolute atomic E-state index is 11.0. The molecule has 3 N–H and O–H groups in total. The molecule has 0 spiro atoms. The second-order valence-corrected chi connectivity index (χ2v) is 5.95. The van der Waals surface area contributed by atoms with Crippen molar-refractivity contribution in [2.24, 2.45) is 11.7 Å². The Kier molecular flexibility index (Phi) is 4.28. The first kappa shape index (κ1) is 14.8. The molecule has 0 aromatic heterocycles. The molecule has 1 fully saturated rings. The third kappa shape index (κ3) is 2.93. The lowest BCUT2D eigenvalue weighted by Crippen LogP contribution is -2.52. The van der Waals surface area contributed by atoms with E-state index < -0.39 is 0 Å². The van der Waals surface area contributed by atoms with E-state index in [4.69, 9.17) is 5.73 Å². The van der Waals surface area contributed by atoms with Gasteiger partial charge in [0.1, 0.15) is 0 Å². The first-order valence-electron chi connectivity index (χ1n) is 7.21. The maximum atomic E-state index is 11.0. The smallest absolute Gasteiger partial charge is 0.271 e. The summed E-state index contributed by atoms with van der Waals surface area (Å²) in [6.07, 6.45) is 4.56. The minimum Gasteiger partial charge on any atom is -0.378 e. The lowest BCUT2D eigenvalue weighted by Gasteiger charge is -2.43. The average molecular weight is 277 g/mol. The van der Waals surface area contributed by atoms with E-state index in [1.807, 2.05) is 13.0 Å². The zero-order valence-electron chi connectivity index (χ0n) is 12.2. The molecular formula is C15H23N3O2. The molecule has 1 aliphatic carbocycles. The number of aryl methyl sites for hydroxylation is 1. The number of nitrogens with two attached hydrogens (primary N) is 1. The first-order chi connectivity index (χ1) is 9.47. The molecular weight excluding hydrogens is 254 g/mol.